The van der Waals surface area contributed by atoms with Crippen molar-refractivity contribution < 1.29 is 13.7 Å². The summed E-state index contributed by atoms with van der Waals surface area (Å²) in [7, 11) is 0. The number of furan rings is 1. The molecule has 3 aromatic rings. The molecule has 0 spiro atoms. The Bertz CT molecular complexity index is 836. The zero-order valence-corrected chi connectivity index (χ0v) is 14.0. The Hall–Kier alpha value is -2.89. The maximum Gasteiger partial charge on any atom is 0.238 e. The number of hydrogen-bond acceptors (Lipinski definition) is 5. The smallest absolute Gasteiger partial charge is 0.238 e. The van der Waals surface area contributed by atoms with Crippen LogP contribution in [0.1, 0.15) is 36.6 Å². The molecular formula is C19H19N3O3. The molecule has 1 atom stereocenters. The average Bonchev–Trinajstić information content (AvgIpc) is 3.27. The monoisotopic (exact) mass is 337 g/mol. The zero-order valence-electron chi connectivity index (χ0n) is 14.0. The molecule has 3 heterocycles. The van der Waals surface area contributed by atoms with Crippen molar-refractivity contribution in [3.63, 3.8) is 0 Å². The fraction of sp³-hybridized carbons (Fsp3) is 0.316. The summed E-state index contributed by atoms with van der Waals surface area (Å²) in [5.74, 6) is 1.74. The predicted octanol–water partition coefficient (Wildman–Crippen LogP) is 3.45. The van der Waals surface area contributed by atoms with Gasteiger partial charge in [-0.1, -0.05) is 42.4 Å². The number of rotatable bonds is 5. The van der Waals surface area contributed by atoms with Crippen molar-refractivity contribution in [2.75, 3.05) is 13.1 Å². The lowest BCUT2D eigenvalue weighted by atomic mass is 9.91. The number of nitrogens with zero attached hydrogens (tertiary/aromatic N) is 3. The Balaban J connectivity index is 1.41. The van der Waals surface area contributed by atoms with Gasteiger partial charge in [0.25, 0.3) is 0 Å². The van der Waals surface area contributed by atoms with Crippen LogP contribution < -0.4 is 0 Å². The molecule has 0 N–H and O–H groups in total. The van der Waals surface area contributed by atoms with E-state index >= 15 is 0 Å². The summed E-state index contributed by atoms with van der Waals surface area (Å²) in [5, 5.41) is 3.95. The van der Waals surface area contributed by atoms with Crippen molar-refractivity contribution in [2.24, 2.45) is 0 Å². The quantitative estimate of drug-likeness (QED) is 0.713. The minimum absolute atomic E-state index is 0.0911. The first-order valence-corrected chi connectivity index (χ1v) is 8.47. The van der Waals surface area contributed by atoms with Gasteiger partial charge in [-0.25, -0.2) is 0 Å². The minimum atomic E-state index is -0.0940. The molecule has 1 aliphatic heterocycles. The van der Waals surface area contributed by atoms with Gasteiger partial charge in [0.05, 0.1) is 18.1 Å². The molecular weight excluding hydrogens is 318 g/mol. The van der Waals surface area contributed by atoms with E-state index in [0.717, 1.165) is 12.0 Å². The Labute approximate surface area is 145 Å². The predicted molar refractivity (Wildman–Crippen MR) is 90.8 cm³/mol. The van der Waals surface area contributed by atoms with Crippen LogP contribution in [0.15, 0.2) is 57.7 Å². The largest absolute Gasteiger partial charge is 0.461 e. The van der Waals surface area contributed by atoms with Gasteiger partial charge in [0.15, 0.2) is 5.76 Å². The molecule has 6 nitrogen and oxygen atoms in total. The van der Waals surface area contributed by atoms with E-state index < -0.39 is 0 Å². The Morgan fingerprint density at radius 1 is 1.24 bits per heavy atom. The van der Waals surface area contributed by atoms with Gasteiger partial charge in [-0.15, -0.1) is 0 Å². The first-order chi connectivity index (χ1) is 12.3. The highest BCUT2D eigenvalue weighted by atomic mass is 16.5. The molecule has 0 saturated carbocycles. The average molecular weight is 337 g/mol. The Morgan fingerprint density at radius 2 is 2.04 bits per heavy atom. The molecule has 1 aromatic carbocycles. The number of likely N-dealkylation sites (tertiary alicyclic amines) is 1. The molecule has 25 heavy (non-hydrogen) atoms. The van der Waals surface area contributed by atoms with Crippen LogP contribution >= 0.6 is 0 Å². The number of carbonyl (C=O) groups is 1. The topological polar surface area (TPSA) is 72.4 Å². The van der Waals surface area contributed by atoms with Gasteiger partial charge in [-0.2, -0.15) is 4.98 Å². The molecule has 1 aliphatic rings. The summed E-state index contributed by atoms with van der Waals surface area (Å²) < 4.78 is 10.6. The van der Waals surface area contributed by atoms with E-state index in [0.29, 0.717) is 30.6 Å². The van der Waals surface area contributed by atoms with Crippen LogP contribution in [0.5, 0.6) is 0 Å². The molecule has 6 heteroatoms. The van der Waals surface area contributed by atoms with Crippen LogP contribution in [0.2, 0.25) is 0 Å². The number of hydrogen-bond donors (Lipinski definition) is 0. The van der Waals surface area contributed by atoms with Crippen LogP contribution in [0.25, 0.3) is 11.6 Å². The second-order valence-electron chi connectivity index (χ2n) is 6.25. The van der Waals surface area contributed by atoms with Gasteiger partial charge in [-0.3, -0.25) is 4.79 Å². The van der Waals surface area contributed by atoms with E-state index in [9.17, 15) is 4.79 Å². The first-order valence-electron chi connectivity index (χ1n) is 8.47. The molecule has 0 aliphatic carbocycles. The highest BCUT2D eigenvalue weighted by Crippen LogP contribution is 2.31. The molecule has 1 amide bonds. The molecule has 128 valence electrons. The van der Waals surface area contributed by atoms with Gasteiger partial charge in [0.1, 0.15) is 0 Å². The molecule has 0 radical (unpaired) electrons. The van der Waals surface area contributed by atoms with E-state index in [1.54, 1.807) is 18.4 Å². The molecule has 2 aromatic heterocycles. The van der Waals surface area contributed by atoms with E-state index in [2.05, 4.69) is 10.1 Å². The number of benzene rings is 1. The Morgan fingerprint density at radius 3 is 2.72 bits per heavy atom. The van der Waals surface area contributed by atoms with Crippen molar-refractivity contribution in [1.29, 1.82) is 0 Å². The highest BCUT2D eigenvalue weighted by Gasteiger charge is 2.38. The van der Waals surface area contributed by atoms with E-state index in [1.165, 1.54) is 0 Å². The van der Waals surface area contributed by atoms with E-state index in [4.69, 9.17) is 8.94 Å². The van der Waals surface area contributed by atoms with Crippen LogP contribution in [0.4, 0.5) is 0 Å². The SMILES string of the molecule is CCC(C(=O)N1CC(c2nc(-c3ccco3)no2)C1)c1ccccc1. The standard InChI is InChI=1S/C19H19N3O3/c1-2-15(13-7-4-3-5-8-13)19(23)22-11-14(12-22)18-20-17(21-25-18)16-9-6-10-24-16/h3-10,14-15H,2,11-12H2,1H3. The normalized spacial score (nSPS) is 15.8. The fourth-order valence-corrected chi connectivity index (χ4v) is 3.18. The van der Waals surface area contributed by atoms with Gasteiger partial charge in [0.2, 0.25) is 17.6 Å². The third-order valence-corrected chi connectivity index (χ3v) is 4.63. The van der Waals surface area contributed by atoms with Crippen LogP contribution in [0.3, 0.4) is 0 Å². The van der Waals surface area contributed by atoms with Crippen molar-refractivity contribution in [3.8, 4) is 11.6 Å². The van der Waals surface area contributed by atoms with Crippen LogP contribution in [-0.4, -0.2) is 34.0 Å². The maximum absolute atomic E-state index is 12.8. The molecule has 4 rings (SSSR count). The van der Waals surface area contributed by atoms with E-state index in [-0.39, 0.29) is 17.7 Å². The van der Waals surface area contributed by atoms with Crippen molar-refractivity contribution in [3.05, 3.63) is 60.2 Å². The number of carbonyl (C=O) groups excluding carboxylic acids is 1. The molecule has 1 unspecified atom stereocenters. The third kappa shape index (κ3) is 2.95. The minimum Gasteiger partial charge on any atom is -0.461 e. The summed E-state index contributed by atoms with van der Waals surface area (Å²) in [6.07, 6.45) is 2.36. The summed E-state index contributed by atoms with van der Waals surface area (Å²) in [4.78, 5) is 19.0. The fourth-order valence-electron chi connectivity index (χ4n) is 3.18. The van der Waals surface area contributed by atoms with Gasteiger partial charge in [0, 0.05) is 13.1 Å². The molecule has 1 fully saturated rings. The lowest BCUT2D eigenvalue weighted by Gasteiger charge is -2.39. The lowest BCUT2D eigenvalue weighted by molar-refractivity contribution is -0.137. The summed E-state index contributed by atoms with van der Waals surface area (Å²) in [6.45, 7) is 3.27. The zero-order chi connectivity index (χ0) is 17.2. The highest BCUT2D eigenvalue weighted by molar-refractivity contribution is 5.84. The second-order valence-corrected chi connectivity index (χ2v) is 6.25. The van der Waals surface area contributed by atoms with Crippen LogP contribution in [0, 0.1) is 0 Å². The first kappa shape index (κ1) is 15.6. The van der Waals surface area contributed by atoms with Crippen molar-refractivity contribution in [2.45, 2.75) is 25.2 Å². The van der Waals surface area contributed by atoms with Crippen molar-refractivity contribution in [1.82, 2.24) is 15.0 Å². The van der Waals surface area contributed by atoms with Crippen molar-refractivity contribution >= 4 is 5.91 Å². The third-order valence-electron chi connectivity index (χ3n) is 4.63. The summed E-state index contributed by atoms with van der Waals surface area (Å²) in [5.41, 5.74) is 1.07. The second kappa shape index (κ2) is 6.55. The molecule has 0 bridgehead atoms. The maximum atomic E-state index is 12.8. The summed E-state index contributed by atoms with van der Waals surface area (Å²) >= 11 is 0. The van der Waals surface area contributed by atoms with Crippen LogP contribution in [-0.2, 0) is 4.79 Å². The van der Waals surface area contributed by atoms with Gasteiger partial charge >= 0.3 is 0 Å². The van der Waals surface area contributed by atoms with Gasteiger partial charge in [-0.05, 0) is 24.1 Å². The molecule has 1 saturated heterocycles. The summed E-state index contributed by atoms with van der Waals surface area (Å²) in [6, 6.07) is 13.5. The lowest BCUT2D eigenvalue weighted by Crippen LogP contribution is -2.50. The van der Waals surface area contributed by atoms with E-state index in [1.807, 2.05) is 42.2 Å². The number of aromatic nitrogens is 2. The Kier molecular flexibility index (Phi) is 4.09. The number of amides is 1. The van der Waals surface area contributed by atoms with Gasteiger partial charge < -0.3 is 13.8 Å².